The molecule has 0 spiro atoms. The largest absolute Gasteiger partial charge is 0.487 e. The fraction of sp³-hybridized carbons (Fsp3) is 0.500. The number of nitrogens with zero attached hydrogens (tertiary/aromatic N) is 1. The zero-order valence-electron chi connectivity index (χ0n) is 10.2. The van der Waals surface area contributed by atoms with Gasteiger partial charge in [-0.3, -0.25) is 10.1 Å². The molecule has 3 atom stereocenters. The van der Waals surface area contributed by atoms with E-state index in [0.29, 0.717) is 23.2 Å². The highest BCUT2D eigenvalue weighted by atomic mass is 79.9. The number of ether oxygens (including phenoxy) is 2. The van der Waals surface area contributed by atoms with Crippen LogP contribution in [0.3, 0.4) is 0 Å². The number of alkyl halides is 1. The molecule has 3 unspecified atom stereocenters. The van der Waals surface area contributed by atoms with E-state index in [1.54, 1.807) is 6.07 Å². The van der Waals surface area contributed by atoms with E-state index in [-0.39, 0.29) is 23.3 Å². The predicted molar refractivity (Wildman–Crippen MR) is 74.9 cm³/mol. The van der Waals surface area contributed by atoms with Gasteiger partial charge in [0.1, 0.15) is 18.0 Å². The summed E-state index contributed by atoms with van der Waals surface area (Å²) in [5.74, 6) is 0.444. The third-order valence-corrected chi connectivity index (χ3v) is 3.78. The van der Waals surface area contributed by atoms with Crippen LogP contribution in [0, 0.1) is 10.1 Å². The Bertz CT molecular complexity index is 485. The van der Waals surface area contributed by atoms with Crippen LogP contribution < -0.4 is 4.74 Å². The molecule has 1 fully saturated rings. The van der Waals surface area contributed by atoms with Gasteiger partial charge in [0, 0.05) is 23.6 Å². The summed E-state index contributed by atoms with van der Waals surface area (Å²) in [5, 5.41) is 10.7. The van der Waals surface area contributed by atoms with E-state index in [1.807, 2.05) is 6.92 Å². The molecule has 0 amide bonds. The molecule has 1 aromatic carbocycles. The average molecular weight is 351 g/mol. The topological polar surface area (TPSA) is 61.6 Å². The van der Waals surface area contributed by atoms with Crippen molar-refractivity contribution in [2.75, 3.05) is 6.61 Å². The van der Waals surface area contributed by atoms with Crippen LogP contribution >= 0.6 is 27.5 Å². The van der Waals surface area contributed by atoms with Crippen LogP contribution in [0.4, 0.5) is 5.69 Å². The van der Waals surface area contributed by atoms with Crippen LogP contribution in [0.25, 0.3) is 0 Å². The summed E-state index contributed by atoms with van der Waals surface area (Å²) in [6.45, 7) is 2.45. The Hall–Kier alpha value is -0.850. The Kier molecular flexibility index (Phi) is 4.65. The minimum Gasteiger partial charge on any atom is -0.487 e. The lowest BCUT2D eigenvalue weighted by atomic mass is 9.91. The second-order valence-electron chi connectivity index (χ2n) is 4.23. The molecule has 104 valence electrons. The van der Waals surface area contributed by atoms with Gasteiger partial charge in [-0.2, -0.15) is 0 Å². The van der Waals surface area contributed by atoms with Crippen LogP contribution in [0.15, 0.2) is 22.7 Å². The molecule has 0 heterocycles. The van der Waals surface area contributed by atoms with Gasteiger partial charge in [0.05, 0.1) is 16.4 Å². The van der Waals surface area contributed by atoms with E-state index in [2.05, 4.69) is 15.9 Å². The Labute approximate surface area is 124 Å². The smallest absolute Gasteiger partial charge is 0.274 e. The number of nitro benzene ring substituents is 1. The second kappa shape index (κ2) is 6.07. The summed E-state index contributed by atoms with van der Waals surface area (Å²) in [4.78, 5) is 10.3. The third-order valence-electron chi connectivity index (χ3n) is 2.89. The monoisotopic (exact) mass is 349 g/mol. The van der Waals surface area contributed by atoms with Crippen molar-refractivity contribution < 1.29 is 14.4 Å². The SMILES string of the molecule is CCOC1C(Cl)CC1Oc1cc(Br)cc([N+](=O)[O-])c1. The molecule has 1 aliphatic rings. The van der Waals surface area contributed by atoms with Gasteiger partial charge >= 0.3 is 0 Å². The number of hydrogen-bond donors (Lipinski definition) is 0. The van der Waals surface area contributed by atoms with Gasteiger partial charge in [0.2, 0.25) is 0 Å². The third kappa shape index (κ3) is 3.38. The van der Waals surface area contributed by atoms with E-state index in [4.69, 9.17) is 21.1 Å². The van der Waals surface area contributed by atoms with E-state index in [9.17, 15) is 10.1 Å². The molecule has 1 aromatic rings. The number of hydrogen-bond acceptors (Lipinski definition) is 4. The molecule has 1 saturated carbocycles. The maximum atomic E-state index is 10.8. The first-order valence-electron chi connectivity index (χ1n) is 5.88. The summed E-state index contributed by atoms with van der Waals surface area (Å²) >= 11 is 9.27. The molecular weight excluding hydrogens is 337 g/mol. The van der Waals surface area contributed by atoms with Crippen molar-refractivity contribution in [2.24, 2.45) is 0 Å². The van der Waals surface area contributed by atoms with Crippen molar-refractivity contribution in [1.29, 1.82) is 0 Å². The van der Waals surface area contributed by atoms with Crippen LogP contribution in [0.5, 0.6) is 5.75 Å². The Morgan fingerprint density at radius 1 is 1.53 bits per heavy atom. The van der Waals surface area contributed by atoms with Gasteiger partial charge in [-0.25, -0.2) is 0 Å². The molecule has 0 N–H and O–H groups in total. The number of benzene rings is 1. The first-order valence-corrected chi connectivity index (χ1v) is 7.11. The standard InChI is InChI=1S/C12H13BrClNO4/c1-2-18-12-10(14)6-11(12)19-9-4-7(13)3-8(5-9)15(16)17/h3-5,10-12H,2,6H2,1H3. The predicted octanol–water partition coefficient (Wildman–Crippen LogP) is 3.52. The minimum atomic E-state index is -0.456. The molecule has 0 saturated heterocycles. The number of nitro groups is 1. The zero-order valence-corrected chi connectivity index (χ0v) is 12.6. The van der Waals surface area contributed by atoms with Gasteiger partial charge in [-0.1, -0.05) is 15.9 Å². The molecule has 1 aliphatic carbocycles. The van der Waals surface area contributed by atoms with Gasteiger partial charge in [-0.15, -0.1) is 11.6 Å². The van der Waals surface area contributed by atoms with E-state index < -0.39 is 4.92 Å². The van der Waals surface area contributed by atoms with Crippen LogP contribution in [0.1, 0.15) is 13.3 Å². The van der Waals surface area contributed by atoms with Crippen molar-refractivity contribution >= 4 is 33.2 Å². The molecule has 0 radical (unpaired) electrons. The number of rotatable bonds is 5. The van der Waals surface area contributed by atoms with Crippen LogP contribution in [-0.2, 0) is 4.74 Å². The Morgan fingerprint density at radius 3 is 2.84 bits per heavy atom. The summed E-state index contributed by atoms with van der Waals surface area (Å²) < 4.78 is 11.8. The maximum Gasteiger partial charge on any atom is 0.274 e. The van der Waals surface area contributed by atoms with Gasteiger partial charge in [0.15, 0.2) is 0 Å². The molecular formula is C12H13BrClNO4. The lowest BCUT2D eigenvalue weighted by Crippen LogP contribution is -2.52. The quantitative estimate of drug-likeness (QED) is 0.463. The van der Waals surface area contributed by atoms with Crippen molar-refractivity contribution in [3.8, 4) is 5.75 Å². The van der Waals surface area contributed by atoms with Gasteiger partial charge < -0.3 is 9.47 Å². The fourth-order valence-electron chi connectivity index (χ4n) is 1.94. The summed E-state index contributed by atoms with van der Waals surface area (Å²) in [6.07, 6.45) is 0.355. The van der Waals surface area contributed by atoms with E-state index in [0.717, 1.165) is 0 Å². The highest BCUT2D eigenvalue weighted by Crippen LogP contribution is 2.35. The van der Waals surface area contributed by atoms with Crippen molar-refractivity contribution in [3.05, 3.63) is 32.8 Å². The first kappa shape index (κ1) is 14.6. The first-order chi connectivity index (χ1) is 9.01. The van der Waals surface area contributed by atoms with E-state index in [1.165, 1.54) is 12.1 Å². The van der Waals surface area contributed by atoms with Crippen molar-refractivity contribution in [2.45, 2.75) is 30.9 Å². The number of halogens is 2. The highest BCUT2D eigenvalue weighted by molar-refractivity contribution is 9.10. The molecule has 0 aromatic heterocycles. The van der Waals surface area contributed by atoms with E-state index >= 15 is 0 Å². The van der Waals surface area contributed by atoms with Crippen molar-refractivity contribution in [3.63, 3.8) is 0 Å². The average Bonchev–Trinajstić information content (AvgIpc) is 2.35. The fourth-order valence-corrected chi connectivity index (χ4v) is 2.81. The number of non-ortho nitro benzene ring substituents is 1. The normalized spacial score (nSPS) is 25.7. The molecule has 5 nitrogen and oxygen atoms in total. The minimum absolute atomic E-state index is 0.0147. The summed E-state index contributed by atoms with van der Waals surface area (Å²) in [6, 6.07) is 4.52. The molecule has 19 heavy (non-hydrogen) atoms. The summed E-state index contributed by atoms with van der Waals surface area (Å²) in [5.41, 5.74) is -0.0147. The van der Waals surface area contributed by atoms with Gasteiger partial charge in [0.25, 0.3) is 5.69 Å². The van der Waals surface area contributed by atoms with Crippen LogP contribution in [-0.4, -0.2) is 29.1 Å². The van der Waals surface area contributed by atoms with Crippen LogP contribution in [0.2, 0.25) is 0 Å². The second-order valence-corrected chi connectivity index (χ2v) is 5.71. The molecule has 0 aliphatic heterocycles. The van der Waals surface area contributed by atoms with Crippen molar-refractivity contribution in [1.82, 2.24) is 0 Å². The van der Waals surface area contributed by atoms with Gasteiger partial charge in [-0.05, 0) is 13.0 Å². The Balaban J connectivity index is 2.09. The molecule has 0 bridgehead atoms. The zero-order chi connectivity index (χ0) is 14.0. The lowest BCUT2D eigenvalue weighted by Gasteiger charge is -2.40. The molecule has 7 heteroatoms. The maximum absolute atomic E-state index is 10.8. The molecule has 2 rings (SSSR count). The Morgan fingerprint density at radius 2 is 2.26 bits per heavy atom. The summed E-state index contributed by atoms with van der Waals surface area (Å²) in [7, 11) is 0. The highest BCUT2D eigenvalue weighted by Gasteiger charge is 2.42. The lowest BCUT2D eigenvalue weighted by molar-refractivity contribution is -0.385.